The zero-order valence-corrected chi connectivity index (χ0v) is 10.8. The minimum Gasteiger partial charge on any atom is -0.504 e. The van der Waals surface area contributed by atoms with Gasteiger partial charge in [-0.1, -0.05) is 25.8 Å². The van der Waals surface area contributed by atoms with Gasteiger partial charge in [0, 0.05) is 5.56 Å². The highest BCUT2D eigenvalue weighted by atomic mass is 35.5. The Morgan fingerprint density at radius 1 is 1.35 bits per heavy atom. The summed E-state index contributed by atoms with van der Waals surface area (Å²) in [7, 11) is 0. The highest BCUT2D eigenvalue weighted by Crippen LogP contribution is 2.39. The van der Waals surface area contributed by atoms with E-state index in [9.17, 15) is 10.2 Å². The summed E-state index contributed by atoms with van der Waals surface area (Å²) in [6.45, 7) is 2.77. The molecule has 1 aliphatic heterocycles. The summed E-state index contributed by atoms with van der Waals surface area (Å²) in [6.07, 6.45) is 3.99. The maximum Gasteiger partial charge on any atom is 0.161 e. The van der Waals surface area contributed by atoms with E-state index in [1.807, 2.05) is 6.07 Å². The van der Waals surface area contributed by atoms with Gasteiger partial charge in [0.2, 0.25) is 0 Å². The number of phenolic OH excluding ortho intramolecular Hbond substituents is 2. The molecule has 1 aromatic rings. The van der Waals surface area contributed by atoms with Crippen LogP contribution >= 0.6 is 12.4 Å². The summed E-state index contributed by atoms with van der Waals surface area (Å²) in [5, 5.41) is 19.2. The van der Waals surface area contributed by atoms with Crippen LogP contribution in [0.1, 0.15) is 43.4 Å². The van der Waals surface area contributed by atoms with E-state index in [1.54, 1.807) is 6.07 Å². The van der Waals surface area contributed by atoms with Gasteiger partial charge in [-0.25, -0.2) is 0 Å². The van der Waals surface area contributed by atoms with Crippen molar-refractivity contribution >= 4 is 12.4 Å². The predicted molar refractivity (Wildman–Crippen MR) is 68.9 cm³/mol. The second-order valence-electron chi connectivity index (χ2n) is 4.25. The summed E-state index contributed by atoms with van der Waals surface area (Å²) in [4.78, 5) is 0. The molecule has 2 rings (SSSR count). The number of fused-ring (bicyclic) bond motifs is 1. The van der Waals surface area contributed by atoms with E-state index < -0.39 is 0 Å². The van der Waals surface area contributed by atoms with Gasteiger partial charge >= 0.3 is 0 Å². The Balaban J connectivity index is 0.00000144. The maximum absolute atomic E-state index is 9.78. The summed E-state index contributed by atoms with van der Waals surface area (Å²) >= 11 is 0. The first-order chi connectivity index (χ1) is 7.74. The molecule has 0 aromatic heterocycles. The molecule has 96 valence electrons. The Bertz CT molecular complexity index is 379. The van der Waals surface area contributed by atoms with Gasteiger partial charge in [0.25, 0.3) is 0 Å². The van der Waals surface area contributed by atoms with Crippen LogP contribution in [-0.4, -0.2) is 16.8 Å². The molecule has 0 bridgehead atoms. The Kier molecular flexibility index (Phi) is 5.09. The van der Waals surface area contributed by atoms with Crippen molar-refractivity contribution in [2.24, 2.45) is 0 Å². The second kappa shape index (κ2) is 6.12. The van der Waals surface area contributed by atoms with Gasteiger partial charge < -0.3 is 14.9 Å². The molecule has 0 spiro atoms. The van der Waals surface area contributed by atoms with E-state index >= 15 is 0 Å². The van der Waals surface area contributed by atoms with Crippen LogP contribution in [0.15, 0.2) is 12.1 Å². The molecule has 0 amide bonds. The average molecular weight is 259 g/mol. The van der Waals surface area contributed by atoms with Crippen LogP contribution in [0.5, 0.6) is 11.5 Å². The number of ether oxygens (including phenoxy) is 1. The van der Waals surface area contributed by atoms with Crippen LogP contribution in [0.3, 0.4) is 0 Å². The zero-order chi connectivity index (χ0) is 11.5. The standard InChI is InChI=1S/C13H18O3.ClH/c1-2-3-4-12-9-5-6-11(14)13(15)10(9)7-8-16-12;/h5-6,12,14-15H,2-4,7-8H2,1H3;1H. The highest BCUT2D eigenvalue weighted by molar-refractivity contribution is 5.85. The fourth-order valence-corrected chi connectivity index (χ4v) is 2.23. The minimum atomic E-state index is -0.0325. The summed E-state index contributed by atoms with van der Waals surface area (Å²) in [5.74, 6) is -0.00260. The largest absolute Gasteiger partial charge is 0.504 e. The number of hydrogen-bond acceptors (Lipinski definition) is 3. The SMILES string of the molecule is CCCCC1OCCc2c1ccc(O)c2O.Cl. The van der Waals surface area contributed by atoms with Gasteiger partial charge in [0.15, 0.2) is 11.5 Å². The summed E-state index contributed by atoms with van der Waals surface area (Å²) < 4.78 is 5.71. The quantitative estimate of drug-likeness (QED) is 0.818. The van der Waals surface area contributed by atoms with Gasteiger partial charge in [0.05, 0.1) is 12.7 Å². The molecule has 4 heteroatoms. The van der Waals surface area contributed by atoms with E-state index in [2.05, 4.69) is 6.92 Å². The molecular formula is C13H19ClO3. The van der Waals surface area contributed by atoms with E-state index in [0.29, 0.717) is 13.0 Å². The van der Waals surface area contributed by atoms with Gasteiger partial charge in [-0.15, -0.1) is 12.4 Å². The smallest absolute Gasteiger partial charge is 0.161 e. The van der Waals surface area contributed by atoms with Crippen molar-refractivity contribution in [1.29, 1.82) is 0 Å². The molecule has 2 N–H and O–H groups in total. The summed E-state index contributed by atoms with van der Waals surface area (Å²) in [5.41, 5.74) is 1.89. The summed E-state index contributed by atoms with van der Waals surface area (Å²) in [6, 6.07) is 3.41. The molecule has 17 heavy (non-hydrogen) atoms. The first-order valence-electron chi connectivity index (χ1n) is 5.89. The lowest BCUT2D eigenvalue weighted by atomic mass is 9.93. The Morgan fingerprint density at radius 3 is 2.82 bits per heavy atom. The lowest BCUT2D eigenvalue weighted by molar-refractivity contribution is 0.0343. The molecule has 0 saturated heterocycles. The first kappa shape index (κ1) is 14.1. The van der Waals surface area contributed by atoms with Crippen LogP contribution in [0.2, 0.25) is 0 Å². The van der Waals surface area contributed by atoms with Gasteiger partial charge in [-0.05, 0) is 24.5 Å². The topological polar surface area (TPSA) is 49.7 Å². The monoisotopic (exact) mass is 258 g/mol. The average Bonchev–Trinajstić information content (AvgIpc) is 2.31. The van der Waals surface area contributed by atoms with Crippen molar-refractivity contribution in [3.05, 3.63) is 23.3 Å². The number of aromatic hydroxyl groups is 2. The minimum absolute atomic E-state index is 0. The molecule has 1 aromatic carbocycles. The van der Waals surface area contributed by atoms with Crippen molar-refractivity contribution in [2.45, 2.75) is 38.7 Å². The molecule has 0 radical (unpaired) electrons. The van der Waals surface area contributed by atoms with Crippen LogP contribution < -0.4 is 0 Å². The third-order valence-corrected chi connectivity index (χ3v) is 3.14. The third-order valence-electron chi connectivity index (χ3n) is 3.14. The van der Waals surface area contributed by atoms with Crippen molar-refractivity contribution < 1.29 is 14.9 Å². The molecular weight excluding hydrogens is 240 g/mol. The lowest BCUT2D eigenvalue weighted by Gasteiger charge is -2.26. The zero-order valence-electron chi connectivity index (χ0n) is 9.98. The molecule has 1 unspecified atom stereocenters. The van der Waals surface area contributed by atoms with E-state index in [0.717, 1.165) is 30.4 Å². The maximum atomic E-state index is 9.78. The number of phenols is 2. The molecule has 0 aliphatic carbocycles. The van der Waals surface area contributed by atoms with Crippen LogP contribution in [0, 0.1) is 0 Å². The van der Waals surface area contributed by atoms with Crippen molar-refractivity contribution in [2.75, 3.05) is 6.61 Å². The van der Waals surface area contributed by atoms with Crippen LogP contribution in [-0.2, 0) is 11.2 Å². The van der Waals surface area contributed by atoms with E-state index in [-0.39, 0.29) is 30.0 Å². The number of halogens is 1. The first-order valence-corrected chi connectivity index (χ1v) is 5.89. The lowest BCUT2D eigenvalue weighted by Crippen LogP contribution is -2.16. The molecule has 1 atom stereocenters. The van der Waals surface area contributed by atoms with Crippen molar-refractivity contribution in [3.63, 3.8) is 0 Å². The number of unbranched alkanes of at least 4 members (excludes halogenated alkanes) is 1. The van der Waals surface area contributed by atoms with E-state index in [4.69, 9.17) is 4.74 Å². The Morgan fingerprint density at radius 2 is 2.12 bits per heavy atom. The molecule has 3 nitrogen and oxygen atoms in total. The van der Waals surface area contributed by atoms with Crippen molar-refractivity contribution in [1.82, 2.24) is 0 Å². The molecule has 0 fully saturated rings. The number of rotatable bonds is 3. The predicted octanol–water partition coefficient (Wildman–Crippen LogP) is 3.32. The highest BCUT2D eigenvalue weighted by Gasteiger charge is 2.23. The van der Waals surface area contributed by atoms with Crippen LogP contribution in [0.4, 0.5) is 0 Å². The van der Waals surface area contributed by atoms with Gasteiger partial charge in [-0.2, -0.15) is 0 Å². The van der Waals surface area contributed by atoms with E-state index in [1.165, 1.54) is 0 Å². The van der Waals surface area contributed by atoms with Crippen molar-refractivity contribution in [3.8, 4) is 11.5 Å². The van der Waals surface area contributed by atoms with Gasteiger partial charge in [-0.3, -0.25) is 0 Å². The molecule has 0 saturated carbocycles. The number of benzene rings is 1. The van der Waals surface area contributed by atoms with Crippen LogP contribution in [0.25, 0.3) is 0 Å². The molecule has 1 heterocycles. The molecule has 1 aliphatic rings. The Hall–Kier alpha value is -0.930. The van der Waals surface area contributed by atoms with Gasteiger partial charge in [0.1, 0.15) is 0 Å². The Labute approximate surface area is 108 Å². The fourth-order valence-electron chi connectivity index (χ4n) is 2.23. The number of hydrogen-bond donors (Lipinski definition) is 2. The third kappa shape index (κ3) is 2.85. The fraction of sp³-hybridized carbons (Fsp3) is 0.538. The normalized spacial score (nSPS) is 18.3. The second-order valence-corrected chi connectivity index (χ2v) is 4.25.